The summed E-state index contributed by atoms with van der Waals surface area (Å²) in [6, 6.07) is 12.8. The van der Waals surface area contributed by atoms with Crippen LogP contribution < -0.4 is 0 Å². The fourth-order valence-electron chi connectivity index (χ4n) is 3.08. The lowest BCUT2D eigenvalue weighted by Gasteiger charge is -2.08. The van der Waals surface area contributed by atoms with E-state index in [-0.39, 0.29) is 0 Å². The Morgan fingerprint density at radius 3 is 2.73 bits per heavy atom. The van der Waals surface area contributed by atoms with Crippen molar-refractivity contribution in [2.75, 3.05) is 6.26 Å². The third-order valence-corrected chi connectivity index (χ3v) is 4.89. The lowest BCUT2D eigenvalue weighted by atomic mass is 10.1. The lowest BCUT2D eigenvalue weighted by Crippen LogP contribution is -1.96. The van der Waals surface area contributed by atoms with Gasteiger partial charge in [0.1, 0.15) is 5.82 Å². The van der Waals surface area contributed by atoms with Crippen LogP contribution in [-0.2, 0) is 13.0 Å². The SMILES string of the molecule is CSc1ccc(-c2nc3n(c2-c2ccn[14cH]c2)CCC3)cc1. The second-order valence-electron chi connectivity index (χ2n) is 5.44. The highest BCUT2D eigenvalue weighted by Gasteiger charge is 2.22. The summed E-state index contributed by atoms with van der Waals surface area (Å²) in [5.74, 6) is 1.20. The number of thioether (sulfide) groups is 1. The molecule has 0 fully saturated rings. The number of imidazole rings is 1. The maximum atomic E-state index is 4.93. The molecular formula is C18H17N3S. The zero-order valence-electron chi connectivity index (χ0n) is 12.5. The van der Waals surface area contributed by atoms with Gasteiger partial charge in [-0.1, -0.05) is 12.1 Å². The number of fused-ring (bicyclic) bond motifs is 1. The van der Waals surface area contributed by atoms with Crippen molar-refractivity contribution in [1.29, 1.82) is 0 Å². The van der Waals surface area contributed by atoms with Gasteiger partial charge >= 0.3 is 0 Å². The maximum Gasteiger partial charge on any atom is 0.109 e. The Morgan fingerprint density at radius 1 is 1.14 bits per heavy atom. The van der Waals surface area contributed by atoms with E-state index >= 15 is 0 Å². The molecule has 1 aliphatic rings. The zero-order valence-corrected chi connectivity index (χ0v) is 13.3. The normalized spacial score (nSPS) is 13.3. The molecule has 0 saturated carbocycles. The Bertz CT molecular complexity index is 791. The van der Waals surface area contributed by atoms with Crippen molar-refractivity contribution in [1.82, 2.24) is 14.5 Å². The van der Waals surface area contributed by atoms with Crippen LogP contribution in [0.4, 0.5) is 0 Å². The maximum absolute atomic E-state index is 4.93. The second kappa shape index (κ2) is 5.61. The molecular weight excluding hydrogens is 292 g/mol. The quantitative estimate of drug-likeness (QED) is 0.677. The standard InChI is InChI=1S/C18H17N3S/c1-22-15-6-4-13(5-7-15)17-18(14-8-10-19-11-9-14)21-12-2-3-16(21)20-17/h4-11H,2-3,12H2,1H3/i10+2. The first-order chi connectivity index (χ1) is 10.9. The predicted molar refractivity (Wildman–Crippen MR) is 91.0 cm³/mol. The van der Waals surface area contributed by atoms with Crippen LogP contribution in [0.3, 0.4) is 0 Å². The molecule has 1 aromatic carbocycles. The second-order valence-corrected chi connectivity index (χ2v) is 6.32. The van der Waals surface area contributed by atoms with Crippen molar-refractivity contribution >= 4 is 11.8 Å². The summed E-state index contributed by atoms with van der Waals surface area (Å²) in [6.07, 6.45) is 8.06. The molecule has 0 amide bonds. The average molecular weight is 309 g/mol. The average Bonchev–Trinajstić information content (AvgIpc) is 3.16. The minimum Gasteiger partial charge on any atom is -0.327 e. The van der Waals surface area contributed by atoms with Crippen LogP contribution in [-0.4, -0.2) is 20.8 Å². The van der Waals surface area contributed by atoms with E-state index in [0.29, 0.717) is 0 Å². The van der Waals surface area contributed by atoms with Gasteiger partial charge in [0.2, 0.25) is 0 Å². The largest absolute Gasteiger partial charge is 0.327 e. The first-order valence-electron chi connectivity index (χ1n) is 7.51. The minimum absolute atomic E-state index is 1.06. The van der Waals surface area contributed by atoms with Gasteiger partial charge in [-0.05, 0) is 36.9 Å². The van der Waals surface area contributed by atoms with Crippen LogP contribution in [0.1, 0.15) is 12.2 Å². The van der Waals surface area contributed by atoms with Crippen molar-refractivity contribution in [2.45, 2.75) is 24.3 Å². The van der Waals surface area contributed by atoms with Crippen LogP contribution >= 0.6 is 11.8 Å². The van der Waals surface area contributed by atoms with Crippen LogP contribution in [0, 0.1) is 0 Å². The fraction of sp³-hybridized carbons (Fsp3) is 0.222. The molecule has 0 radical (unpaired) electrons. The number of hydrogen-bond donors (Lipinski definition) is 0. The van der Waals surface area contributed by atoms with Gasteiger partial charge in [0.15, 0.2) is 0 Å². The molecule has 4 rings (SSSR count). The third-order valence-electron chi connectivity index (χ3n) is 4.15. The molecule has 0 aliphatic carbocycles. The summed E-state index contributed by atoms with van der Waals surface area (Å²) in [4.78, 5) is 10.3. The molecule has 0 atom stereocenters. The first kappa shape index (κ1) is 13.6. The third kappa shape index (κ3) is 2.24. The Hall–Kier alpha value is -2.07. The van der Waals surface area contributed by atoms with Gasteiger partial charge in [0.25, 0.3) is 0 Å². The van der Waals surface area contributed by atoms with Crippen molar-refractivity contribution in [2.24, 2.45) is 0 Å². The van der Waals surface area contributed by atoms with Crippen LogP contribution in [0.5, 0.6) is 0 Å². The summed E-state index contributed by atoms with van der Waals surface area (Å²) in [6.45, 7) is 1.06. The summed E-state index contributed by atoms with van der Waals surface area (Å²) >= 11 is 1.76. The van der Waals surface area contributed by atoms with E-state index in [1.165, 1.54) is 34.0 Å². The van der Waals surface area contributed by atoms with Crippen LogP contribution in [0.15, 0.2) is 53.7 Å². The number of hydrogen-bond acceptors (Lipinski definition) is 3. The van der Waals surface area contributed by atoms with Gasteiger partial charge in [0, 0.05) is 41.4 Å². The minimum atomic E-state index is 1.06. The Balaban J connectivity index is 1.89. The monoisotopic (exact) mass is 309 g/mol. The molecule has 1 aliphatic heterocycles. The molecule has 3 heterocycles. The summed E-state index contributed by atoms with van der Waals surface area (Å²) in [5, 5.41) is 0. The van der Waals surface area contributed by atoms with Gasteiger partial charge in [-0.25, -0.2) is 4.98 Å². The Kier molecular flexibility index (Phi) is 3.47. The molecule has 110 valence electrons. The van der Waals surface area contributed by atoms with E-state index in [4.69, 9.17) is 4.98 Å². The molecule has 4 heteroatoms. The molecule has 0 bridgehead atoms. The van der Waals surface area contributed by atoms with Gasteiger partial charge in [-0.2, -0.15) is 0 Å². The van der Waals surface area contributed by atoms with E-state index in [1.807, 2.05) is 12.4 Å². The summed E-state index contributed by atoms with van der Waals surface area (Å²) in [7, 11) is 0. The topological polar surface area (TPSA) is 30.7 Å². The highest BCUT2D eigenvalue weighted by atomic mass is 32.2. The number of pyridine rings is 1. The van der Waals surface area contributed by atoms with Crippen molar-refractivity contribution < 1.29 is 0 Å². The van der Waals surface area contributed by atoms with Gasteiger partial charge < -0.3 is 4.57 Å². The number of benzene rings is 1. The summed E-state index contributed by atoms with van der Waals surface area (Å²) < 4.78 is 2.37. The molecule has 0 N–H and O–H groups in total. The molecule has 0 spiro atoms. The van der Waals surface area contributed by atoms with Crippen LogP contribution in [0.2, 0.25) is 0 Å². The van der Waals surface area contributed by atoms with E-state index in [9.17, 15) is 0 Å². The molecule has 0 unspecified atom stereocenters. The highest BCUT2D eigenvalue weighted by molar-refractivity contribution is 7.98. The number of aryl methyl sites for hydroxylation is 1. The fourth-order valence-corrected chi connectivity index (χ4v) is 3.49. The van der Waals surface area contributed by atoms with Crippen molar-refractivity contribution in [3.8, 4) is 22.5 Å². The molecule has 3 nitrogen and oxygen atoms in total. The van der Waals surface area contributed by atoms with E-state index in [2.05, 4.69) is 52.2 Å². The van der Waals surface area contributed by atoms with E-state index < -0.39 is 0 Å². The van der Waals surface area contributed by atoms with Gasteiger partial charge in [-0.15, -0.1) is 11.8 Å². The molecule has 22 heavy (non-hydrogen) atoms. The van der Waals surface area contributed by atoms with E-state index in [1.54, 1.807) is 11.8 Å². The predicted octanol–water partition coefficient (Wildman–Crippen LogP) is 4.28. The Labute approximate surface area is 134 Å². The lowest BCUT2D eigenvalue weighted by molar-refractivity contribution is 0.756. The number of rotatable bonds is 3. The molecule has 3 aromatic rings. The number of nitrogens with zero attached hydrogens (tertiary/aromatic N) is 3. The van der Waals surface area contributed by atoms with Gasteiger partial charge in [-0.3, -0.25) is 4.98 Å². The zero-order chi connectivity index (χ0) is 14.9. The first-order valence-corrected chi connectivity index (χ1v) is 8.73. The van der Waals surface area contributed by atoms with Gasteiger partial charge in [0.05, 0.1) is 11.4 Å². The smallest absolute Gasteiger partial charge is 0.109 e. The molecule has 0 saturated heterocycles. The van der Waals surface area contributed by atoms with Crippen molar-refractivity contribution in [3.05, 3.63) is 54.6 Å². The van der Waals surface area contributed by atoms with E-state index in [0.717, 1.165) is 18.7 Å². The Morgan fingerprint density at radius 2 is 2.00 bits per heavy atom. The summed E-state index contributed by atoms with van der Waals surface area (Å²) in [5.41, 5.74) is 4.70. The molecule has 2 aromatic heterocycles. The highest BCUT2D eigenvalue weighted by Crippen LogP contribution is 2.35. The van der Waals surface area contributed by atoms with Crippen LogP contribution in [0.25, 0.3) is 22.5 Å². The number of aromatic nitrogens is 3. The van der Waals surface area contributed by atoms with Crippen molar-refractivity contribution in [3.63, 3.8) is 0 Å².